The highest BCUT2D eigenvalue weighted by Gasteiger charge is 2.13. The van der Waals surface area contributed by atoms with Crippen LogP contribution in [-0.4, -0.2) is 21.2 Å². The van der Waals surface area contributed by atoms with Gasteiger partial charge in [0, 0.05) is 17.8 Å². The summed E-state index contributed by atoms with van der Waals surface area (Å²) in [5.74, 6) is 0.882. The van der Waals surface area contributed by atoms with Gasteiger partial charge in [-0.05, 0) is 36.6 Å². The summed E-state index contributed by atoms with van der Waals surface area (Å²) in [7, 11) is 0. The predicted molar refractivity (Wildman–Crippen MR) is 95.8 cm³/mol. The minimum atomic E-state index is -0.469. The van der Waals surface area contributed by atoms with Crippen molar-refractivity contribution in [3.05, 3.63) is 64.1 Å². The Morgan fingerprint density at radius 3 is 2.46 bits per heavy atom. The Labute approximate surface area is 152 Å². The van der Waals surface area contributed by atoms with Gasteiger partial charge in [0.15, 0.2) is 5.16 Å². The van der Waals surface area contributed by atoms with E-state index in [4.69, 9.17) is 10.00 Å². The molecule has 2 heterocycles. The highest BCUT2D eigenvalue weighted by atomic mass is 32.2. The second-order valence-corrected chi connectivity index (χ2v) is 5.83. The van der Waals surface area contributed by atoms with E-state index in [1.807, 2.05) is 12.1 Å². The molecular weight excluding hydrogens is 350 g/mol. The van der Waals surface area contributed by atoms with E-state index in [0.717, 1.165) is 0 Å². The molecule has 0 spiro atoms. The molecule has 3 rings (SSSR count). The second kappa shape index (κ2) is 7.51. The first-order chi connectivity index (χ1) is 12.6. The van der Waals surface area contributed by atoms with Crippen LogP contribution in [0, 0.1) is 22.7 Å². The summed E-state index contributed by atoms with van der Waals surface area (Å²) in [6.07, 6.45) is 3.21. The number of H-pyrrole nitrogens is 1. The third-order valence-electron chi connectivity index (χ3n) is 3.42. The van der Waals surface area contributed by atoms with Gasteiger partial charge in [-0.15, -0.1) is 0 Å². The van der Waals surface area contributed by atoms with Crippen LogP contribution in [0.4, 0.5) is 0 Å². The molecule has 0 saturated heterocycles. The Balaban J connectivity index is 1.90. The second-order valence-electron chi connectivity index (χ2n) is 5.03. The van der Waals surface area contributed by atoms with Crippen LogP contribution < -0.4 is 10.3 Å². The van der Waals surface area contributed by atoms with Gasteiger partial charge in [-0.1, -0.05) is 11.8 Å². The number of hydrogen-bond donors (Lipinski definition) is 1. The fourth-order valence-corrected chi connectivity index (χ4v) is 2.55. The van der Waals surface area contributed by atoms with E-state index in [1.54, 1.807) is 42.7 Å². The largest absolute Gasteiger partial charge is 0.439 e. The lowest BCUT2D eigenvalue weighted by atomic mass is 10.1. The highest BCUT2D eigenvalue weighted by Crippen LogP contribution is 2.25. The van der Waals surface area contributed by atoms with Crippen LogP contribution in [0.5, 0.6) is 11.6 Å². The fraction of sp³-hybridized carbons (Fsp3) is 0.0556. The number of nitriles is 2. The summed E-state index contributed by atoms with van der Waals surface area (Å²) in [5.41, 5.74) is 0.891. The van der Waals surface area contributed by atoms with Gasteiger partial charge in [-0.2, -0.15) is 10.5 Å². The first-order valence-corrected chi connectivity index (χ1v) is 8.60. The standard InChI is InChI=1S/C18H11N5O2S/c1-26-18-22-16(14(9-20)17(24)23-18)12-3-5-13(6-4-12)25-15-7-2-11(8-19)10-21-15/h2-7,10H,1H3,(H,22,23,24). The molecule has 7 nitrogen and oxygen atoms in total. The van der Waals surface area contributed by atoms with E-state index in [0.29, 0.717) is 33.6 Å². The molecule has 0 unspecified atom stereocenters. The molecule has 126 valence electrons. The normalized spacial score (nSPS) is 9.96. The van der Waals surface area contributed by atoms with E-state index >= 15 is 0 Å². The van der Waals surface area contributed by atoms with Crippen LogP contribution in [0.2, 0.25) is 0 Å². The first kappa shape index (κ1) is 17.2. The van der Waals surface area contributed by atoms with Crippen molar-refractivity contribution in [1.82, 2.24) is 15.0 Å². The lowest BCUT2D eigenvalue weighted by molar-refractivity contribution is 0.463. The summed E-state index contributed by atoms with van der Waals surface area (Å²) in [6, 6.07) is 13.9. The summed E-state index contributed by atoms with van der Waals surface area (Å²) < 4.78 is 5.62. The number of aromatic amines is 1. The Morgan fingerprint density at radius 1 is 1.12 bits per heavy atom. The summed E-state index contributed by atoms with van der Waals surface area (Å²) >= 11 is 1.29. The van der Waals surface area contributed by atoms with Crippen LogP contribution in [0.15, 0.2) is 52.5 Å². The van der Waals surface area contributed by atoms with Gasteiger partial charge in [0.25, 0.3) is 5.56 Å². The number of thioether (sulfide) groups is 1. The third kappa shape index (κ3) is 3.56. The first-order valence-electron chi connectivity index (χ1n) is 7.37. The molecule has 0 radical (unpaired) electrons. The minimum absolute atomic E-state index is 0.0368. The molecule has 0 aliphatic carbocycles. The van der Waals surface area contributed by atoms with Crippen molar-refractivity contribution in [3.8, 4) is 35.0 Å². The number of pyridine rings is 1. The predicted octanol–water partition coefficient (Wildman–Crippen LogP) is 3.09. The maximum Gasteiger partial charge on any atom is 0.270 e. The van der Waals surface area contributed by atoms with Gasteiger partial charge >= 0.3 is 0 Å². The highest BCUT2D eigenvalue weighted by molar-refractivity contribution is 7.98. The molecule has 1 aromatic carbocycles. The molecule has 1 N–H and O–H groups in total. The maximum absolute atomic E-state index is 12.0. The SMILES string of the molecule is CSc1nc(-c2ccc(Oc3ccc(C#N)cn3)cc2)c(C#N)c(=O)[nH]1. The number of nitrogens with one attached hydrogen (secondary N) is 1. The van der Waals surface area contributed by atoms with Crippen LogP contribution in [-0.2, 0) is 0 Å². The third-order valence-corrected chi connectivity index (χ3v) is 4.00. The van der Waals surface area contributed by atoms with Crippen LogP contribution in [0.25, 0.3) is 11.3 Å². The zero-order valence-corrected chi connectivity index (χ0v) is 14.4. The zero-order valence-electron chi connectivity index (χ0n) is 13.6. The smallest absolute Gasteiger partial charge is 0.270 e. The summed E-state index contributed by atoms with van der Waals surface area (Å²) in [6.45, 7) is 0. The molecule has 2 aromatic heterocycles. The van der Waals surface area contributed by atoms with Crippen molar-refractivity contribution in [2.45, 2.75) is 5.16 Å². The molecule has 0 bridgehead atoms. The maximum atomic E-state index is 12.0. The van der Waals surface area contributed by atoms with E-state index in [-0.39, 0.29) is 5.56 Å². The van der Waals surface area contributed by atoms with Crippen molar-refractivity contribution in [2.24, 2.45) is 0 Å². The summed E-state index contributed by atoms with van der Waals surface area (Å²) in [4.78, 5) is 22.9. The van der Waals surface area contributed by atoms with Gasteiger partial charge in [-0.25, -0.2) is 9.97 Å². The van der Waals surface area contributed by atoms with Crippen molar-refractivity contribution in [3.63, 3.8) is 0 Å². The van der Waals surface area contributed by atoms with Gasteiger partial charge in [0.2, 0.25) is 5.88 Å². The molecule has 0 aliphatic heterocycles. The van der Waals surface area contributed by atoms with Gasteiger partial charge < -0.3 is 9.72 Å². The Morgan fingerprint density at radius 2 is 1.88 bits per heavy atom. The van der Waals surface area contributed by atoms with E-state index < -0.39 is 5.56 Å². The molecule has 0 atom stereocenters. The van der Waals surface area contributed by atoms with E-state index in [1.165, 1.54) is 18.0 Å². The summed E-state index contributed by atoms with van der Waals surface area (Å²) in [5, 5.41) is 18.5. The number of aromatic nitrogens is 3. The molecular formula is C18H11N5O2S. The lowest BCUT2D eigenvalue weighted by Crippen LogP contribution is -2.14. The average molecular weight is 361 g/mol. The molecule has 0 saturated carbocycles. The number of ether oxygens (including phenoxy) is 1. The monoisotopic (exact) mass is 361 g/mol. The van der Waals surface area contributed by atoms with Crippen LogP contribution in [0.1, 0.15) is 11.1 Å². The number of hydrogen-bond acceptors (Lipinski definition) is 7. The van der Waals surface area contributed by atoms with Crippen molar-refractivity contribution in [1.29, 1.82) is 10.5 Å². The zero-order chi connectivity index (χ0) is 18.5. The van der Waals surface area contributed by atoms with Gasteiger partial charge in [0.1, 0.15) is 23.5 Å². The molecule has 26 heavy (non-hydrogen) atoms. The Bertz CT molecular complexity index is 1080. The average Bonchev–Trinajstić information content (AvgIpc) is 2.68. The molecule has 8 heteroatoms. The molecule has 0 aliphatic rings. The van der Waals surface area contributed by atoms with Crippen molar-refractivity contribution < 1.29 is 4.74 Å². The van der Waals surface area contributed by atoms with Gasteiger partial charge in [-0.3, -0.25) is 4.79 Å². The van der Waals surface area contributed by atoms with E-state index in [2.05, 4.69) is 15.0 Å². The molecule has 0 amide bonds. The molecule has 3 aromatic rings. The van der Waals surface area contributed by atoms with Gasteiger partial charge in [0.05, 0.1) is 11.3 Å². The van der Waals surface area contributed by atoms with Crippen LogP contribution in [0.3, 0.4) is 0 Å². The van der Waals surface area contributed by atoms with Crippen LogP contribution >= 0.6 is 11.8 Å². The minimum Gasteiger partial charge on any atom is -0.439 e. The number of nitrogens with zero attached hydrogens (tertiary/aromatic N) is 4. The number of benzene rings is 1. The lowest BCUT2D eigenvalue weighted by Gasteiger charge is -2.07. The topological polar surface area (TPSA) is 115 Å². The van der Waals surface area contributed by atoms with Crippen molar-refractivity contribution >= 4 is 11.8 Å². The van der Waals surface area contributed by atoms with Crippen molar-refractivity contribution in [2.75, 3.05) is 6.26 Å². The Kier molecular flexibility index (Phi) is 4.97. The van der Waals surface area contributed by atoms with E-state index in [9.17, 15) is 10.1 Å². The Hall–Kier alpha value is -3.62. The quantitative estimate of drug-likeness (QED) is 0.561. The molecule has 0 fully saturated rings. The number of rotatable bonds is 4. The fourth-order valence-electron chi connectivity index (χ4n) is 2.17.